The lowest BCUT2D eigenvalue weighted by atomic mass is 9.85. The van der Waals surface area contributed by atoms with Crippen LogP contribution in [0.5, 0.6) is 0 Å². The Labute approximate surface area is 169 Å². The van der Waals surface area contributed by atoms with Gasteiger partial charge >= 0.3 is 5.97 Å². The van der Waals surface area contributed by atoms with Gasteiger partial charge in [0, 0.05) is 17.9 Å². The van der Waals surface area contributed by atoms with Gasteiger partial charge in [0.2, 0.25) is 11.0 Å². The molecule has 0 saturated heterocycles. The summed E-state index contributed by atoms with van der Waals surface area (Å²) < 4.78 is 2.75. The number of aromatic carboxylic acids is 1. The number of fused-ring (bicyclic) bond motifs is 2. The Hall–Kier alpha value is -3.52. The second-order valence-corrected chi connectivity index (χ2v) is 7.96. The summed E-state index contributed by atoms with van der Waals surface area (Å²) in [5.74, 6) is -0.639. The minimum absolute atomic E-state index is 0.105. The maximum absolute atomic E-state index is 12.5. The molecule has 0 aliphatic carbocycles. The molecule has 5 rings (SSSR count). The molecule has 0 bridgehead atoms. The molecule has 8 heteroatoms. The first-order valence-electron chi connectivity index (χ1n) is 9.10. The molecule has 3 heterocycles. The number of benzene rings is 2. The van der Waals surface area contributed by atoms with Crippen LogP contribution in [0.1, 0.15) is 39.5 Å². The molecule has 1 amide bonds. The number of thiazole rings is 1. The maximum atomic E-state index is 12.5. The minimum Gasteiger partial charge on any atom is -0.478 e. The van der Waals surface area contributed by atoms with Crippen molar-refractivity contribution in [3.63, 3.8) is 0 Å². The number of carbonyl (C=O) groups excluding carboxylic acids is 1. The van der Waals surface area contributed by atoms with Crippen molar-refractivity contribution in [3.05, 3.63) is 70.9 Å². The van der Waals surface area contributed by atoms with Gasteiger partial charge in [-0.2, -0.15) is 9.78 Å². The molecule has 0 saturated carbocycles. The van der Waals surface area contributed by atoms with Crippen LogP contribution in [0.2, 0.25) is 0 Å². The Morgan fingerprint density at radius 2 is 1.97 bits per heavy atom. The van der Waals surface area contributed by atoms with Crippen molar-refractivity contribution in [2.45, 2.75) is 19.3 Å². The molecule has 1 aliphatic heterocycles. The van der Waals surface area contributed by atoms with Gasteiger partial charge in [0.15, 0.2) is 0 Å². The lowest BCUT2D eigenvalue weighted by Crippen LogP contribution is -2.25. The first-order valence-corrected chi connectivity index (χ1v) is 9.91. The fourth-order valence-electron chi connectivity index (χ4n) is 3.78. The predicted molar refractivity (Wildman–Crippen MR) is 110 cm³/mol. The van der Waals surface area contributed by atoms with E-state index in [1.807, 2.05) is 31.2 Å². The molecule has 0 radical (unpaired) electrons. The monoisotopic (exact) mass is 404 g/mol. The van der Waals surface area contributed by atoms with E-state index in [2.05, 4.69) is 15.4 Å². The average Bonchev–Trinajstić information content (AvgIpc) is 3.28. The summed E-state index contributed by atoms with van der Waals surface area (Å²) in [6, 6.07) is 14.5. The molecule has 0 unspecified atom stereocenters. The number of anilines is 1. The highest BCUT2D eigenvalue weighted by molar-refractivity contribution is 7.20. The smallest absolute Gasteiger partial charge is 0.335 e. The van der Waals surface area contributed by atoms with Crippen LogP contribution in [0.3, 0.4) is 0 Å². The van der Waals surface area contributed by atoms with Gasteiger partial charge in [-0.1, -0.05) is 35.6 Å². The molecule has 7 nitrogen and oxygen atoms in total. The highest BCUT2D eigenvalue weighted by Crippen LogP contribution is 2.41. The number of carboxylic acid groups (broad SMARTS) is 1. The number of nitrogens with zero attached hydrogens (tertiary/aromatic N) is 3. The van der Waals surface area contributed by atoms with E-state index in [1.165, 1.54) is 11.3 Å². The Morgan fingerprint density at radius 3 is 2.69 bits per heavy atom. The Balaban J connectivity index is 1.63. The highest BCUT2D eigenvalue weighted by atomic mass is 32.1. The molecule has 2 aromatic carbocycles. The molecule has 2 N–H and O–H groups in total. The van der Waals surface area contributed by atoms with E-state index < -0.39 is 5.97 Å². The van der Waals surface area contributed by atoms with E-state index in [0.717, 1.165) is 27.0 Å². The standard InChI is InChI=1S/C21H16N4O3S/c1-11-18-14(12-6-8-13(9-7-12)20(27)28)10-17(26)23-19(18)25(24-11)21-22-15-4-2-3-5-16(15)29-21/h2-9,14H,10H2,1H3,(H,23,26)(H,27,28)/t14-/m1/s1. The van der Waals surface area contributed by atoms with Gasteiger partial charge in [0.1, 0.15) is 5.82 Å². The van der Waals surface area contributed by atoms with Crippen LogP contribution in [-0.2, 0) is 4.79 Å². The zero-order chi connectivity index (χ0) is 20.1. The van der Waals surface area contributed by atoms with Gasteiger partial charge in [-0.3, -0.25) is 4.79 Å². The molecule has 1 aliphatic rings. The highest BCUT2D eigenvalue weighted by Gasteiger charge is 2.33. The number of aryl methyl sites for hydroxylation is 1. The second kappa shape index (κ2) is 6.52. The van der Waals surface area contributed by atoms with Crippen LogP contribution >= 0.6 is 11.3 Å². The number of hydrogen-bond acceptors (Lipinski definition) is 5. The summed E-state index contributed by atoms with van der Waals surface area (Å²) in [4.78, 5) is 28.3. The van der Waals surface area contributed by atoms with Crippen molar-refractivity contribution in [3.8, 4) is 5.13 Å². The van der Waals surface area contributed by atoms with Gasteiger partial charge in [0.05, 0.1) is 21.5 Å². The summed E-state index contributed by atoms with van der Waals surface area (Å²) in [6.45, 7) is 1.92. The molecular formula is C21H16N4O3S. The first kappa shape index (κ1) is 17.6. The largest absolute Gasteiger partial charge is 0.478 e. The number of carbonyl (C=O) groups is 2. The van der Waals surface area contributed by atoms with Crippen molar-refractivity contribution in [1.82, 2.24) is 14.8 Å². The van der Waals surface area contributed by atoms with Crippen molar-refractivity contribution in [2.75, 3.05) is 5.32 Å². The normalized spacial score (nSPS) is 15.9. The molecule has 144 valence electrons. The number of carboxylic acids is 1. The van der Waals surface area contributed by atoms with Crippen LogP contribution in [0, 0.1) is 6.92 Å². The Kier molecular flexibility index (Phi) is 3.95. The minimum atomic E-state index is -0.974. The van der Waals surface area contributed by atoms with Crippen LogP contribution < -0.4 is 5.32 Å². The number of para-hydroxylation sites is 1. The lowest BCUT2D eigenvalue weighted by molar-refractivity contribution is -0.116. The van der Waals surface area contributed by atoms with Crippen LogP contribution in [-0.4, -0.2) is 31.7 Å². The van der Waals surface area contributed by atoms with E-state index in [4.69, 9.17) is 5.11 Å². The van der Waals surface area contributed by atoms with Crippen molar-refractivity contribution < 1.29 is 14.7 Å². The number of aromatic nitrogens is 3. The number of nitrogens with one attached hydrogen (secondary N) is 1. The summed E-state index contributed by atoms with van der Waals surface area (Å²) in [7, 11) is 0. The van der Waals surface area contributed by atoms with E-state index in [0.29, 0.717) is 10.9 Å². The van der Waals surface area contributed by atoms with Gasteiger partial charge in [-0.15, -0.1) is 0 Å². The lowest BCUT2D eigenvalue weighted by Gasteiger charge is -2.24. The van der Waals surface area contributed by atoms with Crippen molar-refractivity contribution in [2.24, 2.45) is 0 Å². The molecule has 0 fully saturated rings. The molecular weight excluding hydrogens is 388 g/mol. The molecule has 4 aromatic rings. The Bertz CT molecular complexity index is 1240. The average molecular weight is 404 g/mol. The van der Waals surface area contributed by atoms with Gasteiger partial charge < -0.3 is 10.4 Å². The fourth-order valence-corrected chi connectivity index (χ4v) is 4.70. The van der Waals surface area contributed by atoms with Crippen molar-refractivity contribution >= 4 is 39.2 Å². The third kappa shape index (κ3) is 2.89. The van der Waals surface area contributed by atoms with Gasteiger partial charge in [0.25, 0.3) is 0 Å². The van der Waals surface area contributed by atoms with E-state index in [1.54, 1.807) is 28.9 Å². The first-order chi connectivity index (χ1) is 14.0. The van der Waals surface area contributed by atoms with Crippen LogP contribution in [0.4, 0.5) is 5.82 Å². The van der Waals surface area contributed by atoms with E-state index >= 15 is 0 Å². The zero-order valence-corrected chi connectivity index (χ0v) is 16.2. The van der Waals surface area contributed by atoms with E-state index in [9.17, 15) is 9.59 Å². The SMILES string of the molecule is Cc1nn(-c2nc3ccccc3s2)c2c1[C@@H](c1ccc(C(=O)O)cc1)CC(=O)N2. The fraction of sp³-hybridized carbons (Fsp3) is 0.143. The molecule has 0 spiro atoms. The van der Waals surface area contributed by atoms with Crippen molar-refractivity contribution in [1.29, 1.82) is 0 Å². The molecule has 1 atom stereocenters. The molecule has 2 aromatic heterocycles. The predicted octanol–water partition coefficient (Wildman–Crippen LogP) is 3.96. The third-order valence-corrected chi connectivity index (χ3v) is 6.14. The summed E-state index contributed by atoms with van der Waals surface area (Å²) in [5.41, 5.74) is 3.74. The number of hydrogen-bond donors (Lipinski definition) is 2. The summed E-state index contributed by atoms with van der Waals surface area (Å²) in [5, 5.41) is 17.5. The topological polar surface area (TPSA) is 97.1 Å². The quantitative estimate of drug-likeness (QED) is 0.539. The van der Waals surface area contributed by atoms with Gasteiger partial charge in [-0.25, -0.2) is 9.78 Å². The number of amides is 1. The summed E-state index contributed by atoms with van der Waals surface area (Å²) in [6.07, 6.45) is 0.284. The van der Waals surface area contributed by atoms with Crippen LogP contribution in [0.25, 0.3) is 15.3 Å². The maximum Gasteiger partial charge on any atom is 0.335 e. The van der Waals surface area contributed by atoms with E-state index in [-0.39, 0.29) is 23.8 Å². The molecule has 29 heavy (non-hydrogen) atoms. The van der Waals surface area contributed by atoms with Gasteiger partial charge in [-0.05, 0) is 36.8 Å². The summed E-state index contributed by atoms with van der Waals surface area (Å²) >= 11 is 1.51. The zero-order valence-electron chi connectivity index (χ0n) is 15.4. The van der Waals surface area contributed by atoms with Crippen LogP contribution in [0.15, 0.2) is 48.5 Å². The second-order valence-electron chi connectivity index (χ2n) is 6.96. The Morgan fingerprint density at radius 1 is 1.21 bits per heavy atom. The number of rotatable bonds is 3. The third-order valence-electron chi connectivity index (χ3n) is 5.13.